The summed E-state index contributed by atoms with van der Waals surface area (Å²) in [6, 6.07) is 0. The molecule has 0 aromatic carbocycles. The number of hydrogen-bond acceptors (Lipinski definition) is 3. The van der Waals surface area contributed by atoms with Gasteiger partial charge in [-0.3, -0.25) is 0 Å². The number of aliphatic hydroxyl groups excluding tert-OH is 1. The number of ether oxygens (including phenoxy) is 2. The highest BCUT2D eigenvalue weighted by atomic mass is 35.5. The molecule has 0 bridgehead atoms. The zero-order valence-electron chi connectivity index (χ0n) is 6.33. The fourth-order valence-corrected chi connectivity index (χ4v) is 1.08. The quantitative estimate of drug-likeness (QED) is 0.652. The summed E-state index contributed by atoms with van der Waals surface area (Å²) >= 11 is 5.41. The Bertz CT molecular complexity index is 104. The fraction of sp³-hybridized carbons (Fsp3) is 1.00. The van der Waals surface area contributed by atoms with Gasteiger partial charge in [-0.25, -0.2) is 0 Å². The summed E-state index contributed by atoms with van der Waals surface area (Å²) in [7, 11) is 0. The molecule has 0 saturated carbocycles. The monoisotopic (exact) mass is 180 g/mol. The molecule has 1 aliphatic rings. The average molecular weight is 181 g/mol. The van der Waals surface area contributed by atoms with E-state index in [1.54, 1.807) is 0 Å². The van der Waals surface area contributed by atoms with E-state index in [1.165, 1.54) is 0 Å². The van der Waals surface area contributed by atoms with Crippen LogP contribution in [0.25, 0.3) is 0 Å². The van der Waals surface area contributed by atoms with Gasteiger partial charge in [0.15, 0.2) is 6.29 Å². The highest BCUT2D eigenvalue weighted by Crippen LogP contribution is 2.11. The molecule has 1 atom stereocenters. The van der Waals surface area contributed by atoms with E-state index in [2.05, 4.69) is 0 Å². The molecule has 11 heavy (non-hydrogen) atoms. The van der Waals surface area contributed by atoms with Gasteiger partial charge in [0.2, 0.25) is 0 Å². The Kier molecular flexibility index (Phi) is 4.15. The molecule has 0 amide bonds. The smallest absolute Gasteiger partial charge is 0.160 e. The molecule has 0 unspecified atom stereocenters. The van der Waals surface area contributed by atoms with Crippen molar-refractivity contribution in [3.63, 3.8) is 0 Å². The molecule has 3 nitrogen and oxygen atoms in total. The third kappa shape index (κ3) is 3.38. The van der Waals surface area contributed by atoms with Gasteiger partial charge in [-0.1, -0.05) is 0 Å². The first kappa shape index (κ1) is 9.26. The summed E-state index contributed by atoms with van der Waals surface area (Å²) in [5, 5.41) is 9.12. The van der Waals surface area contributed by atoms with Crippen molar-refractivity contribution in [2.75, 3.05) is 19.1 Å². The topological polar surface area (TPSA) is 38.7 Å². The molecule has 1 N–H and O–H groups in total. The summed E-state index contributed by atoms with van der Waals surface area (Å²) in [4.78, 5) is 0. The van der Waals surface area contributed by atoms with Crippen molar-refractivity contribution >= 4 is 11.6 Å². The molecule has 1 fully saturated rings. The zero-order chi connectivity index (χ0) is 8.10. The molecule has 0 aromatic rings. The van der Waals surface area contributed by atoms with Crippen LogP contribution < -0.4 is 0 Å². The van der Waals surface area contributed by atoms with Crippen molar-refractivity contribution in [3.05, 3.63) is 0 Å². The van der Waals surface area contributed by atoms with E-state index >= 15 is 0 Å². The van der Waals surface area contributed by atoms with Crippen molar-refractivity contribution in [2.24, 2.45) is 0 Å². The molecule has 66 valence electrons. The second-order valence-electron chi connectivity index (χ2n) is 2.57. The van der Waals surface area contributed by atoms with E-state index in [1.807, 2.05) is 0 Å². The Morgan fingerprint density at radius 1 is 1.45 bits per heavy atom. The van der Waals surface area contributed by atoms with Crippen LogP contribution in [0.4, 0.5) is 0 Å². The number of hydrogen-bond donors (Lipinski definition) is 1. The van der Waals surface area contributed by atoms with Crippen molar-refractivity contribution in [2.45, 2.75) is 25.2 Å². The number of rotatable bonds is 3. The van der Waals surface area contributed by atoms with E-state index in [9.17, 15) is 0 Å². The third-order valence-electron chi connectivity index (χ3n) is 1.54. The molecule has 0 radical (unpaired) electrons. The summed E-state index contributed by atoms with van der Waals surface area (Å²) in [6.45, 7) is 1.44. The van der Waals surface area contributed by atoms with Gasteiger partial charge in [-0.2, -0.15) is 0 Å². The SMILES string of the molecule is O[C@H](CCl)CC1OCCCO1. The van der Waals surface area contributed by atoms with Gasteiger partial charge >= 0.3 is 0 Å². The zero-order valence-corrected chi connectivity index (χ0v) is 7.09. The van der Waals surface area contributed by atoms with Crippen LogP contribution in [-0.4, -0.2) is 36.6 Å². The van der Waals surface area contributed by atoms with Crippen LogP contribution in [0, 0.1) is 0 Å². The number of halogens is 1. The first-order chi connectivity index (χ1) is 5.33. The molecule has 1 aliphatic heterocycles. The van der Waals surface area contributed by atoms with Crippen LogP contribution in [0.15, 0.2) is 0 Å². The molecule has 0 aromatic heterocycles. The summed E-state index contributed by atoms with van der Waals surface area (Å²) < 4.78 is 10.4. The first-order valence-corrected chi connectivity index (χ1v) is 4.33. The Morgan fingerprint density at radius 3 is 2.64 bits per heavy atom. The van der Waals surface area contributed by atoms with Gasteiger partial charge in [0.1, 0.15) is 0 Å². The second-order valence-corrected chi connectivity index (χ2v) is 2.88. The molecule has 1 rings (SSSR count). The molecule has 1 heterocycles. The number of aliphatic hydroxyl groups is 1. The lowest BCUT2D eigenvalue weighted by Gasteiger charge is -2.24. The van der Waals surface area contributed by atoms with Crippen LogP contribution in [0.2, 0.25) is 0 Å². The summed E-state index contributed by atoms with van der Waals surface area (Å²) in [6.07, 6.45) is 0.647. The molecule has 4 heteroatoms. The second kappa shape index (κ2) is 4.93. The molecule has 0 aliphatic carbocycles. The van der Waals surface area contributed by atoms with Crippen molar-refractivity contribution in [1.82, 2.24) is 0 Å². The number of alkyl halides is 1. The van der Waals surface area contributed by atoms with Crippen LogP contribution in [0.3, 0.4) is 0 Å². The van der Waals surface area contributed by atoms with Crippen molar-refractivity contribution < 1.29 is 14.6 Å². The van der Waals surface area contributed by atoms with Crippen LogP contribution >= 0.6 is 11.6 Å². The third-order valence-corrected chi connectivity index (χ3v) is 1.90. The largest absolute Gasteiger partial charge is 0.392 e. The van der Waals surface area contributed by atoms with Crippen LogP contribution in [0.1, 0.15) is 12.8 Å². The van der Waals surface area contributed by atoms with E-state index < -0.39 is 6.10 Å². The maximum absolute atomic E-state index is 9.12. The first-order valence-electron chi connectivity index (χ1n) is 3.80. The Morgan fingerprint density at radius 2 is 2.09 bits per heavy atom. The van der Waals surface area contributed by atoms with E-state index in [0.717, 1.165) is 19.6 Å². The predicted octanol–water partition coefficient (Wildman–Crippen LogP) is 0.739. The highest BCUT2D eigenvalue weighted by Gasteiger charge is 2.17. The van der Waals surface area contributed by atoms with Gasteiger partial charge < -0.3 is 14.6 Å². The van der Waals surface area contributed by atoms with Gasteiger partial charge in [0.25, 0.3) is 0 Å². The Balaban J connectivity index is 2.13. The maximum atomic E-state index is 9.12. The summed E-state index contributed by atoms with van der Waals surface area (Å²) in [5.41, 5.74) is 0. The minimum absolute atomic E-state index is 0.239. The minimum atomic E-state index is -0.514. The van der Waals surface area contributed by atoms with E-state index in [0.29, 0.717) is 6.42 Å². The Labute approximate surface area is 71.2 Å². The molecule has 1 saturated heterocycles. The maximum Gasteiger partial charge on any atom is 0.160 e. The lowest BCUT2D eigenvalue weighted by molar-refractivity contribution is -0.189. The predicted molar refractivity (Wildman–Crippen MR) is 41.7 cm³/mol. The van der Waals surface area contributed by atoms with Crippen molar-refractivity contribution in [3.8, 4) is 0 Å². The van der Waals surface area contributed by atoms with Crippen LogP contribution in [-0.2, 0) is 9.47 Å². The molecular weight excluding hydrogens is 168 g/mol. The van der Waals surface area contributed by atoms with Gasteiger partial charge in [0, 0.05) is 12.3 Å². The molecular formula is C7H13ClO3. The lowest BCUT2D eigenvalue weighted by atomic mass is 10.2. The highest BCUT2D eigenvalue weighted by molar-refractivity contribution is 6.18. The summed E-state index contributed by atoms with van der Waals surface area (Å²) in [5.74, 6) is 0.239. The van der Waals surface area contributed by atoms with Crippen LogP contribution in [0.5, 0.6) is 0 Å². The lowest BCUT2D eigenvalue weighted by Crippen LogP contribution is -2.29. The standard InChI is InChI=1S/C7H13ClO3/c8-5-6(9)4-7-10-2-1-3-11-7/h6-7,9H,1-5H2/t6-/m0/s1. The van der Waals surface area contributed by atoms with Crippen molar-refractivity contribution in [1.29, 1.82) is 0 Å². The fourth-order valence-electron chi connectivity index (χ4n) is 0.958. The van der Waals surface area contributed by atoms with E-state index in [4.69, 9.17) is 26.2 Å². The molecule has 0 spiro atoms. The van der Waals surface area contributed by atoms with E-state index in [-0.39, 0.29) is 12.2 Å². The van der Waals surface area contributed by atoms with Gasteiger partial charge in [0.05, 0.1) is 19.3 Å². The Hall–Kier alpha value is 0.170. The van der Waals surface area contributed by atoms with Gasteiger partial charge in [-0.05, 0) is 6.42 Å². The average Bonchev–Trinajstić information content (AvgIpc) is 2.06. The minimum Gasteiger partial charge on any atom is -0.392 e. The van der Waals surface area contributed by atoms with Gasteiger partial charge in [-0.15, -0.1) is 11.6 Å². The normalized spacial score (nSPS) is 23.5.